The molecule has 0 saturated carbocycles. The largest absolute Gasteiger partial charge is 0.391 e. The molecule has 0 spiro atoms. The van der Waals surface area contributed by atoms with E-state index in [0.29, 0.717) is 13.0 Å². The van der Waals surface area contributed by atoms with E-state index >= 15 is 0 Å². The lowest BCUT2D eigenvalue weighted by molar-refractivity contribution is -0.151. The highest BCUT2D eigenvalue weighted by atomic mass is 19.4. The predicted molar refractivity (Wildman–Crippen MR) is 49.3 cm³/mol. The molecule has 1 fully saturated rings. The molecule has 1 saturated heterocycles. The van der Waals surface area contributed by atoms with Crippen LogP contribution < -0.4 is 5.32 Å². The molecule has 1 aliphatic heterocycles. The van der Waals surface area contributed by atoms with Crippen LogP contribution in [0.1, 0.15) is 19.8 Å². The number of halogens is 3. The van der Waals surface area contributed by atoms with Gasteiger partial charge in [0.2, 0.25) is 5.91 Å². The lowest BCUT2D eigenvalue weighted by Gasteiger charge is -2.25. The van der Waals surface area contributed by atoms with E-state index in [4.69, 9.17) is 0 Å². The minimum atomic E-state index is -4.21. The van der Waals surface area contributed by atoms with Crippen LogP contribution in [0, 0.1) is 0 Å². The smallest absolute Gasteiger partial charge is 0.338 e. The zero-order chi connectivity index (χ0) is 11.6. The van der Waals surface area contributed by atoms with Crippen molar-refractivity contribution < 1.29 is 18.0 Å². The second kappa shape index (κ2) is 4.38. The molecule has 2 unspecified atom stereocenters. The van der Waals surface area contributed by atoms with Gasteiger partial charge >= 0.3 is 6.18 Å². The van der Waals surface area contributed by atoms with Crippen molar-refractivity contribution >= 4 is 5.91 Å². The van der Waals surface area contributed by atoms with Gasteiger partial charge in [0.1, 0.15) is 0 Å². The third-order valence-electron chi connectivity index (χ3n) is 2.65. The number of amides is 1. The van der Waals surface area contributed by atoms with Gasteiger partial charge in [-0.2, -0.15) is 13.2 Å². The summed E-state index contributed by atoms with van der Waals surface area (Å²) in [5.74, 6) is -0.228. The van der Waals surface area contributed by atoms with E-state index in [1.165, 1.54) is 11.8 Å². The van der Waals surface area contributed by atoms with E-state index in [-0.39, 0.29) is 11.9 Å². The molecule has 0 aromatic rings. The van der Waals surface area contributed by atoms with Crippen LogP contribution in [-0.4, -0.2) is 42.7 Å². The molecule has 0 aliphatic carbocycles. The van der Waals surface area contributed by atoms with Gasteiger partial charge in [0.25, 0.3) is 0 Å². The van der Waals surface area contributed by atoms with Crippen molar-refractivity contribution in [3.05, 3.63) is 0 Å². The molecular formula is C9H15F3N2O. The molecule has 88 valence electrons. The summed E-state index contributed by atoms with van der Waals surface area (Å²) < 4.78 is 36.3. The zero-order valence-corrected chi connectivity index (χ0v) is 8.77. The molecule has 1 aliphatic rings. The Hall–Kier alpha value is -0.780. The highest BCUT2D eigenvalue weighted by Gasteiger charge is 2.38. The molecule has 15 heavy (non-hydrogen) atoms. The Morgan fingerprint density at radius 2 is 2.20 bits per heavy atom. The number of carbonyl (C=O) groups is 1. The molecule has 0 aromatic heterocycles. The number of alkyl halides is 3. The minimum absolute atomic E-state index is 0.228. The Labute approximate surface area is 86.6 Å². The number of nitrogens with zero attached hydrogens (tertiary/aromatic N) is 1. The SMILES string of the molecule is CNC1CCN(C(C)CC(F)(F)F)C1=O. The summed E-state index contributed by atoms with van der Waals surface area (Å²) in [6, 6.07) is -1.09. The lowest BCUT2D eigenvalue weighted by atomic mass is 10.2. The summed E-state index contributed by atoms with van der Waals surface area (Å²) in [6.45, 7) is 1.84. The average molecular weight is 224 g/mol. The fraction of sp³-hybridized carbons (Fsp3) is 0.889. The minimum Gasteiger partial charge on any atom is -0.338 e. The molecule has 6 heteroatoms. The van der Waals surface area contributed by atoms with Crippen LogP contribution in [0.15, 0.2) is 0 Å². The number of nitrogens with one attached hydrogen (secondary N) is 1. The first kappa shape index (κ1) is 12.3. The van der Waals surface area contributed by atoms with Crippen molar-refractivity contribution in [3.63, 3.8) is 0 Å². The Bertz CT molecular complexity index is 242. The van der Waals surface area contributed by atoms with Crippen molar-refractivity contribution in [2.75, 3.05) is 13.6 Å². The predicted octanol–water partition coefficient (Wildman–Crippen LogP) is 1.15. The van der Waals surface area contributed by atoms with Gasteiger partial charge < -0.3 is 10.2 Å². The fourth-order valence-electron chi connectivity index (χ4n) is 1.85. The number of rotatable bonds is 3. The molecular weight excluding hydrogens is 209 g/mol. The van der Waals surface area contributed by atoms with Crippen molar-refractivity contribution in [1.82, 2.24) is 10.2 Å². The second-order valence-electron chi connectivity index (χ2n) is 3.83. The van der Waals surface area contributed by atoms with Crippen LogP contribution in [-0.2, 0) is 4.79 Å². The number of hydrogen-bond acceptors (Lipinski definition) is 2. The molecule has 0 aromatic carbocycles. The van der Waals surface area contributed by atoms with Gasteiger partial charge in [0, 0.05) is 12.6 Å². The Morgan fingerprint density at radius 1 is 1.60 bits per heavy atom. The van der Waals surface area contributed by atoms with Gasteiger partial charge in [-0.05, 0) is 20.4 Å². The summed E-state index contributed by atoms with van der Waals surface area (Å²) in [6.07, 6.45) is -4.57. The Kier molecular flexibility index (Phi) is 3.59. The number of likely N-dealkylation sites (N-methyl/N-ethyl adjacent to an activating group) is 1. The number of carbonyl (C=O) groups excluding carboxylic acids is 1. The quantitative estimate of drug-likeness (QED) is 0.779. The van der Waals surface area contributed by atoms with Crippen LogP contribution >= 0.6 is 0 Å². The van der Waals surface area contributed by atoms with Crippen molar-refractivity contribution in [2.24, 2.45) is 0 Å². The lowest BCUT2D eigenvalue weighted by Crippen LogP contribution is -2.42. The van der Waals surface area contributed by atoms with Crippen LogP contribution in [0.25, 0.3) is 0 Å². The van der Waals surface area contributed by atoms with Crippen LogP contribution in [0.2, 0.25) is 0 Å². The molecule has 0 radical (unpaired) electrons. The highest BCUT2D eigenvalue weighted by Crippen LogP contribution is 2.26. The standard InChI is InChI=1S/C9H15F3N2O/c1-6(5-9(10,11)12)14-4-3-7(13-2)8(14)15/h6-7,13H,3-5H2,1-2H3. The van der Waals surface area contributed by atoms with E-state index < -0.39 is 18.6 Å². The fourth-order valence-corrected chi connectivity index (χ4v) is 1.85. The summed E-state index contributed by atoms with van der Waals surface area (Å²) in [5.41, 5.74) is 0. The molecule has 1 heterocycles. The van der Waals surface area contributed by atoms with Crippen LogP contribution in [0.3, 0.4) is 0 Å². The first-order valence-electron chi connectivity index (χ1n) is 4.89. The van der Waals surface area contributed by atoms with E-state index in [2.05, 4.69) is 5.32 Å². The van der Waals surface area contributed by atoms with E-state index in [9.17, 15) is 18.0 Å². The number of likely N-dealkylation sites (tertiary alicyclic amines) is 1. The van der Waals surface area contributed by atoms with Crippen molar-refractivity contribution in [2.45, 2.75) is 38.0 Å². The third kappa shape index (κ3) is 3.09. The van der Waals surface area contributed by atoms with Gasteiger partial charge in [0.15, 0.2) is 0 Å². The van der Waals surface area contributed by atoms with Gasteiger partial charge in [-0.1, -0.05) is 0 Å². The maximum Gasteiger partial charge on any atom is 0.391 e. The van der Waals surface area contributed by atoms with Gasteiger partial charge in [0.05, 0.1) is 12.5 Å². The molecule has 0 bridgehead atoms. The van der Waals surface area contributed by atoms with Crippen molar-refractivity contribution in [3.8, 4) is 0 Å². The topological polar surface area (TPSA) is 32.3 Å². The van der Waals surface area contributed by atoms with Crippen LogP contribution in [0.5, 0.6) is 0 Å². The maximum absolute atomic E-state index is 12.1. The van der Waals surface area contributed by atoms with E-state index in [0.717, 1.165) is 0 Å². The summed E-state index contributed by atoms with van der Waals surface area (Å²) in [5, 5.41) is 2.79. The maximum atomic E-state index is 12.1. The van der Waals surface area contributed by atoms with Gasteiger partial charge in [-0.15, -0.1) is 0 Å². The monoisotopic (exact) mass is 224 g/mol. The first-order chi connectivity index (χ1) is 6.85. The first-order valence-corrected chi connectivity index (χ1v) is 4.89. The second-order valence-corrected chi connectivity index (χ2v) is 3.83. The summed E-state index contributed by atoms with van der Waals surface area (Å²) in [4.78, 5) is 12.9. The summed E-state index contributed by atoms with van der Waals surface area (Å²) >= 11 is 0. The third-order valence-corrected chi connectivity index (χ3v) is 2.65. The van der Waals surface area contributed by atoms with Gasteiger partial charge in [-0.25, -0.2) is 0 Å². The molecule has 1 N–H and O–H groups in total. The highest BCUT2D eigenvalue weighted by molar-refractivity contribution is 5.84. The van der Waals surface area contributed by atoms with Crippen molar-refractivity contribution in [1.29, 1.82) is 0 Å². The Morgan fingerprint density at radius 3 is 2.60 bits per heavy atom. The zero-order valence-electron chi connectivity index (χ0n) is 8.77. The van der Waals surface area contributed by atoms with Gasteiger partial charge in [-0.3, -0.25) is 4.79 Å². The number of hydrogen-bond donors (Lipinski definition) is 1. The van der Waals surface area contributed by atoms with E-state index in [1.54, 1.807) is 7.05 Å². The molecule has 1 amide bonds. The van der Waals surface area contributed by atoms with E-state index in [1.807, 2.05) is 0 Å². The molecule has 2 atom stereocenters. The Balaban J connectivity index is 2.55. The average Bonchev–Trinajstić information content (AvgIpc) is 2.43. The molecule has 3 nitrogen and oxygen atoms in total. The summed E-state index contributed by atoms with van der Waals surface area (Å²) in [7, 11) is 1.64. The normalized spacial score (nSPS) is 24.7. The van der Waals surface area contributed by atoms with Crippen LogP contribution in [0.4, 0.5) is 13.2 Å². The molecule has 1 rings (SSSR count).